The van der Waals surface area contributed by atoms with Gasteiger partial charge in [0, 0.05) is 6.20 Å². The molecule has 1 aliphatic heterocycles. The van der Waals surface area contributed by atoms with Crippen LogP contribution >= 0.6 is 0 Å². The van der Waals surface area contributed by atoms with Crippen LogP contribution in [-0.2, 0) is 11.2 Å². The topological polar surface area (TPSA) is 29.5 Å². The molecular weight excluding hydrogens is 226 g/mol. The van der Waals surface area contributed by atoms with Crippen LogP contribution in [-0.4, -0.2) is 24.1 Å². The van der Waals surface area contributed by atoms with E-state index in [0.717, 1.165) is 19.3 Å². The molecule has 1 aliphatic rings. The minimum atomic E-state index is -0.222. The number of amides is 1. The van der Waals surface area contributed by atoms with Gasteiger partial charge in [-0.2, -0.15) is 0 Å². The predicted octanol–water partition coefficient (Wildman–Crippen LogP) is 3.37. The van der Waals surface area contributed by atoms with Crippen LogP contribution in [0.5, 0.6) is 0 Å². The lowest BCUT2D eigenvalue weighted by Gasteiger charge is -2.10. The van der Waals surface area contributed by atoms with Gasteiger partial charge in [0.15, 0.2) is 0 Å². The number of carbonyl (C=O) groups excluding carboxylic acids is 1. The Bertz CT molecular complexity index is 425. The van der Waals surface area contributed by atoms with Crippen molar-refractivity contribution in [3.63, 3.8) is 0 Å². The number of allylic oxidation sites excluding steroid dienone is 1. The number of hydrogen-bond donors (Lipinski definition) is 0. The van der Waals surface area contributed by atoms with Crippen LogP contribution in [0.4, 0.5) is 4.79 Å². The molecule has 0 unspecified atom stereocenters. The zero-order chi connectivity index (χ0) is 12.8. The Morgan fingerprint density at radius 2 is 2.17 bits per heavy atom. The summed E-state index contributed by atoms with van der Waals surface area (Å²) in [5, 5.41) is 0. The summed E-state index contributed by atoms with van der Waals surface area (Å²) in [5.41, 5.74) is 2.62. The highest BCUT2D eigenvalue weighted by molar-refractivity contribution is 5.70. The normalized spacial score (nSPS) is 15.9. The molecule has 18 heavy (non-hydrogen) atoms. The third-order valence-electron chi connectivity index (χ3n) is 3.16. The highest BCUT2D eigenvalue weighted by atomic mass is 16.6. The number of rotatable bonds is 5. The number of ether oxygens (including phenoxy) is 1. The van der Waals surface area contributed by atoms with E-state index in [0.29, 0.717) is 13.2 Å². The summed E-state index contributed by atoms with van der Waals surface area (Å²) in [6.07, 6.45) is 4.71. The molecule has 0 spiro atoms. The summed E-state index contributed by atoms with van der Waals surface area (Å²) < 4.78 is 4.92. The Hall–Kier alpha value is -1.77. The van der Waals surface area contributed by atoms with Gasteiger partial charge in [-0.3, -0.25) is 4.90 Å². The molecule has 1 heterocycles. The molecule has 0 saturated carbocycles. The first-order valence-corrected chi connectivity index (χ1v) is 6.46. The van der Waals surface area contributed by atoms with Crippen LogP contribution in [0.25, 0.3) is 0 Å². The molecule has 1 amide bonds. The standard InChI is InChI=1S/C15H19NO2/c1-2-13(12-16-10-11-18-15(16)17)8-9-14-6-4-3-5-7-14/h3-7,12H,2,8-11H2,1H3/b13-12-. The van der Waals surface area contributed by atoms with Crippen LogP contribution in [0.1, 0.15) is 25.3 Å². The fourth-order valence-electron chi connectivity index (χ4n) is 2.03. The van der Waals surface area contributed by atoms with Crippen molar-refractivity contribution in [3.05, 3.63) is 47.7 Å². The largest absolute Gasteiger partial charge is 0.447 e. The van der Waals surface area contributed by atoms with Crippen molar-refractivity contribution in [3.8, 4) is 0 Å². The zero-order valence-electron chi connectivity index (χ0n) is 10.8. The molecule has 1 aromatic carbocycles. The van der Waals surface area contributed by atoms with Crippen LogP contribution in [0.2, 0.25) is 0 Å². The number of hydrogen-bond acceptors (Lipinski definition) is 2. The number of aryl methyl sites for hydroxylation is 1. The highest BCUT2D eigenvalue weighted by Crippen LogP contribution is 2.15. The Labute approximate surface area is 108 Å². The minimum absolute atomic E-state index is 0.222. The molecule has 0 aliphatic carbocycles. The van der Waals surface area contributed by atoms with Gasteiger partial charge in [0.25, 0.3) is 0 Å². The van der Waals surface area contributed by atoms with E-state index in [-0.39, 0.29) is 6.09 Å². The van der Waals surface area contributed by atoms with Crippen LogP contribution < -0.4 is 0 Å². The van der Waals surface area contributed by atoms with E-state index in [1.165, 1.54) is 11.1 Å². The lowest BCUT2D eigenvalue weighted by molar-refractivity contribution is 0.166. The summed E-state index contributed by atoms with van der Waals surface area (Å²) in [7, 11) is 0. The average Bonchev–Trinajstić information content (AvgIpc) is 2.81. The maximum absolute atomic E-state index is 11.4. The Morgan fingerprint density at radius 1 is 1.39 bits per heavy atom. The van der Waals surface area contributed by atoms with Crippen molar-refractivity contribution < 1.29 is 9.53 Å². The number of benzene rings is 1. The fourth-order valence-corrected chi connectivity index (χ4v) is 2.03. The summed E-state index contributed by atoms with van der Waals surface area (Å²) in [6, 6.07) is 10.4. The number of carbonyl (C=O) groups is 1. The van der Waals surface area contributed by atoms with Gasteiger partial charge in [-0.05, 0) is 24.8 Å². The van der Waals surface area contributed by atoms with Crippen molar-refractivity contribution in [2.24, 2.45) is 0 Å². The first-order valence-electron chi connectivity index (χ1n) is 6.46. The number of cyclic esters (lactones) is 1. The van der Waals surface area contributed by atoms with Crippen molar-refractivity contribution in [2.75, 3.05) is 13.2 Å². The maximum atomic E-state index is 11.4. The molecule has 0 N–H and O–H groups in total. The van der Waals surface area contributed by atoms with E-state index in [1.807, 2.05) is 12.3 Å². The molecule has 1 aromatic rings. The second kappa shape index (κ2) is 6.24. The van der Waals surface area contributed by atoms with Gasteiger partial charge < -0.3 is 4.74 Å². The maximum Gasteiger partial charge on any atom is 0.413 e. The van der Waals surface area contributed by atoms with E-state index in [1.54, 1.807) is 4.90 Å². The second-order valence-corrected chi connectivity index (χ2v) is 4.43. The lowest BCUT2D eigenvalue weighted by Crippen LogP contribution is -2.18. The third kappa shape index (κ3) is 3.36. The Balaban J connectivity index is 1.93. The molecule has 0 radical (unpaired) electrons. The highest BCUT2D eigenvalue weighted by Gasteiger charge is 2.19. The summed E-state index contributed by atoms with van der Waals surface area (Å²) in [6.45, 7) is 3.30. The molecule has 0 atom stereocenters. The summed E-state index contributed by atoms with van der Waals surface area (Å²) >= 11 is 0. The first-order chi connectivity index (χ1) is 8.79. The Morgan fingerprint density at radius 3 is 2.78 bits per heavy atom. The van der Waals surface area contributed by atoms with Gasteiger partial charge in [-0.1, -0.05) is 42.8 Å². The van der Waals surface area contributed by atoms with E-state index >= 15 is 0 Å². The quantitative estimate of drug-likeness (QED) is 0.796. The van der Waals surface area contributed by atoms with Crippen LogP contribution in [0.3, 0.4) is 0 Å². The van der Waals surface area contributed by atoms with E-state index < -0.39 is 0 Å². The smallest absolute Gasteiger partial charge is 0.413 e. The molecule has 2 rings (SSSR count). The zero-order valence-corrected chi connectivity index (χ0v) is 10.8. The first kappa shape index (κ1) is 12.7. The van der Waals surface area contributed by atoms with E-state index in [9.17, 15) is 4.79 Å². The molecule has 3 nitrogen and oxygen atoms in total. The molecule has 0 bridgehead atoms. The second-order valence-electron chi connectivity index (χ2n) is 4.43. The van der Waals surface area contributed by atoms with Gasteiger partial charge in [0.1, 0.15) is 6.61 Å². The monoisotopic (exact) mass is 245 g/mol. The summed E-state index contributed by atoms with van der Waals surface area (Å²) in [4.78, 5) is 13.0. The molecule has 1 fully saturated rings. The molecular formula is C15H19NO2. The van der Waals surface area contributed by atoms with Crippen LogP contribution in [0, 0.1) is 0 Å². The summed E-state index contributed by atoms with van der Waals surface area (Å²) in [5.74, 6) is 0. The van der Waals surface area contributed by atoms with Gasteiger partial charge in [-0.25, -0.2) is 4.79 Å². The number of nitrogens with zero attached hydrogens (tertiary/aromatic N) is 1. The Kier molecular flexibility index (Phi) is 4.40. The lowest BCUT2D eigenvalue weighted by atomic mass is 10.0. The molecule has 0 aromatic heterocycles. The fraction of sp³-hybridized carbons (Fsp3) is 0.400. The minimum Gasteiger partial charge on any atom is -0.447 e. The average molecular weight is 245 g/mol. The van der Waals surface area contributed by atoms with Crippen molar-refractivity contribution in [1.29, 1.82) is 0 Å². The molecule has 96 valence electrons. The third-order valence-corrected chi connectivity index (χ3v) is 3.16. The van der Waals surface area contributed by atoms with Crippen molar-refractivity contribution in [1.82, 2.24) is 4.90 Å². The van der Waals surface area contributed by atoms with E-state index in [2.05, 4.69) is 31.2 Å². The molecule has 1 saturated heterocycles. The SMILES string of the molecule is CC/C(=C/N1CCOC1=O)CCc1ccccc1. The van der Waals surface area contributed by atoms with Gasteiger partial charge in [-0.15, -0.1) is 0 Å². The van der Waals surface area contributed by atoms with Crippen molar-refractivity contribution in [2.45, 2.75) is 26.2 Å². The van der Waals surface area contributed by atoms with Crippen LogP contribution in [0.15, 0.2) is 42.1 Å². The van der Waals surface area contributed by atoms with Gasteiger partial charge in [0.05, 0.1) is 6.54 Å². The predicted molar refractivity (Wildman–Crippen MR) is 71.2 cm³/mol. The molecule has 3 heteroatoms. The van der Waals surface area contributed by atoms with E-state index in [4.69, 9.17) is 4.74 Å². The van der Waals surface area contributed by atoms with Gasteiger partial charge >= 0.3 is 6.09 Å². The van der Waals surface area contributed by atoms with Gasteiger partial charge in [0.2, 0.25) is 0 Å². The van der Waals surface area contributed by atoms with Crippen molar-refractivity contribution >= 4 is 6.09 Å².